The second kappa shape index (κ2) is 4.92. The Bertz CT molecular complexity index is 469. The molecule has 0 radical (unpaired) electrons. The minimum absolute atomic E-state index is 0.210. The molecule has 1 unspecified atom stereocenters. The third-order valence-electron chi connectivity index (χ3n) is 3.73. The van der Waals surface area contributed by atoms with E-state index in [1.165, 1.54) is 7.11 Å². The second-order valence-corrected chi connectivity index (χ2v) is 6.08. The van der Waals surface area contributed by atoms with Crippen molar-refractivity contribution in [3.63, 3.8) is 0 Å². The molecule has 1 fully saturated rings. The van der Waals surface area contributed by atoms with Crippen LogP contribution in [0.25, 0.3) is 0 Å². The van der Waals surface area contributed by atoms with Gasteiger partial charge in [-0.15, -0.1) is 0 Å². The lowest BCUT2D eigenvalue weighted by molar-refractivity contribution is -0.140. The Morgan fingerprint density at radius 2 is 2.21 bits per heavy atom. The molecule has 1 aromatic rings. The molecule has 0 saturated heterocycles. The quantitative estimate of drug-likeness (QED) is 0.832. The number of carbonyl (C=O) groups excluding carboxylic acids is 1. The monoisotopic (exact) mass is 267 g/mol. The first kappa shape index (κ1) is 14.0. The van der Waals surface area contributed by atoms with E-state index in [2.05, 4.69) is 28.7 Å². The third kappa shape index (κ3) is 3.12. The molecule has 0 bridgehead atoms. The predicted molar refractivity (Wildman–Crippen MR) is 68.1 cm³/mol. The summed E-state index contributed by atoms with van der Waals surface area (Å²) in [5.41, 5.74) is 6.08. The number of ether oxygens (including phenoxy) is 1. The molecule has 0 amide bonds. The lowest BCUT2D eigenvalue weighted by Gasteiger charge is -2.22. The normalized spacial score (nSPS) is 25.5. The minimum atomic E-state index is -0.503. The van der Waals surface area contributed by atoms with E-state index in [4.69, 9.17) is 10.3 Å². The standard InChI is InChI=1S/C13H21N3O3/c1-12(2)6-7-13(14,8-12)11-15-9(19-16-11)4-5-10(17)18-3/h4-8,14H2,1-3H3. The summed E-state index contributed by atoms with van der Waals surface area (Å²) in [6.45, 7) is 4.39. The van der Waals surface area contributed by atoms with Gasteiger partial charge in [0.05, 0.1) is 19.1 Å². The summed E-state index contributed by atoms with van der Waals surface area (Å²) in [7, 11) is 1.36. The van der Waals surface area contributed by atoms with E-state index < -0.39 is 5.54 Å². The van der Waals surface area contributed by atoms with Crippen molar-refractivity contribution in [2.75, 3.05) is 7.11 Å². The van der Waals surface area contributed by atoms with Crippen LogP contribution in [-0.2, 0) is 21.5 Å². The van der Waals surface area contributed by atoms with Gasteiger partial charge in [0.25, 0.3) is 0 Å². The molecule has 2 rings (SSSR count). The van der Waals surface area contributed by atoms with Gasteiger partial charge in [0, 0.05) is 6.42 Å². The molecule has 1 aromatic heterocycles. The van der Waals surface area contributed by atoms with Crippen molar-refractivity contribution in [3.05, 3.63) is 11.7 Å². The number of aromatic nitrogens is 2. The van der Waals surface area contributed by atoms with Crippen LogP contribution in [0.15, 0.2) is 4.52 Å². The lowest BCUT2D eigenvalue weighted by atomic mass is 9.88. The molecule has 1 saturated carbocycles. The van der Waals surface area contributed by atoms with Crippen LogP contribution in [0, 0.1) is 5.41 Å². The molecule has 1 aliphatic rings. The number of carbonyl (C=O) groups is 1. The van der Waals surface area contributed by atoms with Crippen LogP contribution in [0.1, 0.15) is 51.2 Å². The highest BCUT2D eigenvalue weighted by molar-refractivity contribution is 5.69. The first-order chi connectivity index (χ1) is 8.85. The smallest absolute Gasteiger partial charge is 0.306 e. The van der Waals surface area contributed by atoms with E-state index >= 15 is 0 Å². The van der Waals surface area contributed by atoms with Gasteiger partial charge < -0.3 is 15.0 Å². The highest BCUT2D eigenvalue weighted by Crippen LogP contribution is 2.46. The van der Waals surface area contributed by atoms with Crippen LogP contribution >= 0.6 is 0 Å². The molecule has 0 spiro atoms. The molecule has 0 aliphatic heterocycles. The summed E-state index contributed by atoms with van der Waals surface area (Å²) in [5, 5.41) is 3.98. The van der Waals surface area contributed by atoms with E-state index in [-0.39, 0.29) is 17.8 Å². The van der Waals surface area contributed by atoms with E-state index in [1.807, 2.05) is 0 Å². The molecule has 1 aliphatic carbocycles. The Balaban J connectivity index is 2.03. The molecule has 6 nitrogen and oxygen atoms in total. The number of methoxy groups -OCH3 is 1. The van der Waals surface area contributed by atoms with Gasteiger partial charge >= 0.3 is 5.97 Å². The summed E-state index contributed by atoms with van der Waals surface area (Å²) in [6.07, 6.45) is 3.38. The predicted octanol–water partition coefficient (Wildman–Crippen LogP) is 1.54. The van der Waals surface area contributed by atoms with Crippen molar-refractivity contribution in [2.45, 2.75) is 51.5 Å². The Hall–Kier alpha value is -1.43. The highest BCUT2D eigenvalue weighted by atomic mass is 16.5. The summed E-state index contributed by atoms with van der Waals surface area (Å²) < 4.78 is 9.73. The number of nitrogens with two attached hydrogens (primary N) is 1. The van der Waals surface area contributed by atoms with Crippen LogP contribution in [0.3, 0.4) is 0 Å². The lowest BCUT2D eigenvalue weighted by Crippen LogP contribution is -2.35. The van der Waals surface area contributed by atoms with E-state index in [0.29, 0.717) is 18.1 Å². The van der Waals surface area contributed by atoms with Gasteiger partial charge in [-0.2, -0.15) is 4.98 Å². The van der Waals surface area contributed by atoms with Crippen LogP contribution in [0.4, 0.5) is 0 Å². The number of hydrogen-bond donors (Lipinski definition) is 1. The third-order valence-corrected chi connectivity index (χ3v) is 3.73. The molecule has 6 heteroatoms. The molecular formula is C13H21N3O3. The van der Waals surface area contributed by atoms with Crippen molar-refractivity contribution >= 4 is 5.97 Å². The zero-order chi connectivity index (χ0) is 14.1. The van der Waals surface area contributed by atoms with Crippen LogP contribution < -0.4 is 5.73 Å². The zero-order valence-electron chi connectivity index (χ0n) is 11.7. The Morgan fingerprint density at radius 1 is 1.47 bits per heavy atom. The fraction of sp³-hybridized carbons (Fsp3) is 0.769. The van der Waals surface area contributed by atoms with Gasteiger partial charge in [0.1, 0.15) is 0 Å². The summed E-state index contributed by atoms with van der Waals surface area (Å²) in [6, 6.07) is 0. The van der Waals surface area contributed by atoms with E-state index in [9.17, 15) is 4.79 Å². The number of hydrogen-bond acceptors (Lipinski definition) is 6. The topological polar surface area (TPSA) is 91.2 Å². The van der Waals surface area contributed by atoms with E-state index in [0.717, 1.165) is 19.3 Å². The second-order valence-electron chi connectivity index (χ2n) is 6.08. The SMILES string of the molecule is COC(=O)CCc1nc(C2(N)CCC(C)(C)C2)no1. The molecule has 0 aromatic carbocycles. The molecular weight excluding hydrogens is 246 g/mol. The maximum absolute atomic E-state index is 11.1. The van der Waals surface area contributed by atoms with Crippen LogP contribution in [0.5, 0.6) is 0 Å². The number of esters is 1. The van der Waals surface area contributed by atoms with Gasteiger partial charge in [-0.3, -0.25) is 4.79 Å². The largest absolute Gasteiger partial charge is 0.469 e. The molecule has 2 N–H and O–H groups in total. The van der Waals surface area contributed by atoms with Crippen LogP contribution in [0.2, 0.25) is 0 Å². The summed E-state index contributed by atoms with van der Waals surface area (Å²) in [5.74, 6) is 0.706. The minimum Gasteiger partial charge on any atom is -0.469 e. The number of aryl methyl sites for hydroxylation is 1. The van der Waals surface area contributed by atoms with Crippen molar-refractivity contribution in [1.29, 1.82) is 0 Å². The van der Waals surface area contributed by atoms with Crippen LogP contribution in [-0.4, -0.2) is 23.2 Å². The van der Waals surface area contributed by atoms with Crippen molar-refractivity contribution in [2.24, 2.45) is 11.1 Å². The Labute approximate surface area is 112 Å². The summed E-state index contributed by atoms with van der Waals surface area (Å²) in [4.78, 5) is 15.4. The van der Waals surface area contributed by atoms with Gasteiger partial charge in [-0.1, -0.05) is 19.0 Å². The molecule has 19 heavy (non-hydrogen) atoms. The van der Waals surface area contributed by atoms with Gasteiger partial charge in [-0.05, 0) is 24.7 Å². The zero-order valence-corrected chi connectivity index (χ0v) is 11.7. The highest BCUT2D eigenvalue weighted by Gasteiger charge is 2.44. The fourth-order valence-electron chi connectivity index (χ4n) is 2.65. The first-order valence-corrected chi connectivity index (χ1v) is 6.53. The molecule has 1 atom stereocenters. The average Bonchev–Trinajstić information content (AvgIpc) is 2.92. The number of rotatable bonds is 4. The van der Waals surface area contributed by atoms with E-state index in [1.54, 1.807) is 0 Å². The van der Waals surface area contributed by atoms with Crippen molar-refractivity contribution in [3.8, 4) is 0 Å². The maximum Gasteiger partial charge on any atom is 0.306 e. The van der Waals surface area contributed by atoms with Crippen molar-refractivity contribution < 1.29 is 14.1 Å². The fourth-order valence-corrected chi connectivity index (χ4v) is 2.65. The van der Waals surface area contributed by atoms with Crippen molar-refractivity contribution in [1.82, 2.24) is 10.1 Å². The molecule has 1 heterocycles. The summed E-state index contributed by atoms with van der Waals surface area (Å²) >= 11 is 0. The maximum atomic E-state index is 11.1. The average molecular weight is 267 g/mol. The van der Waals surface area contributed by atoms with Gasteiger partial charge in [0.15, 0.2) is 5.82 Å². The number of nitrogens with zero attached hydrogens (tertiary/aromatic N) is 2. The first-order valence-electron chi connectivity index (χ1n) is 6.53. The van der Waals surface area contributed by atoms with Gasteiger partial charge in [-0.25, -0.2) is 0 Å². The Kier molecular flexibility index (Phi) is 3.62. The van der Waals surface area contributed by atoms with Gasteiger partial charge in [0.2, 0.25) is 5.89 Å². The molecule has 106 valence electrons. The Morgan fingerprint density at radius 3 is 2.79 bits per heavy atom.